The van der Waals surface area contributed by atoms with Gasteiger partial charge >= 0.3 is 0 Å². The highest BCUT2D eigenvalue weighted by molar-refractivity contribution is 5.14. The van der Waals surface area contributed by atoms with E-state index in [-0.39, 0.29) is 12.1 Å². The normalized spacial score (nSPS) is 20.5. The zero-order chi connectivity index (χ0) is 16.1. The van der Waals surface area contributed by atoms with Crippen molar-refractivity contribution < 1.29 is 9.84 Å². The van der Waals surface area contributed by atoms with Crippen LogP contribution in [0.4, 0.5) is 0 Å². The lowest BCUT2D eigenvalue weighted by atomic mass is 10.1. The van der Waals surface area contributed by atoms with Crippen LogP contribution in [0.3, 0.4) is 0 Å². The SMILES string of the molecule is NC(c1cn(CC(O)CCc2ccccc2)nn1)C1CCCO1. The molecule has 0 bridgehead atoms. The highest BCUT2D eigenvalue weighted by Crippen LogP contribution is 2.23. The average Bonchev–Trinajstić information content (AvgIpc) is 3.25. The summed E-state index contributed by atoms with van der Waals surface area (Å²) in [7, 11) is 0. The standard InChI is InChI=1S/C17H24N4O2/c18-17(16-7-4-10-23-16)15-12-21(20-19-15)11-14(22)9-8-13-5-2-1-3-6-13/h1-3,5-6,12,14,16-17,22H,4,7-11,18H2. The summed E-state index contributed by atoms with van der Waals surface area (Å²) >= 11 is 0. The maximum absolute atomic E-state index is 10.2. The van der Waals surface area contributed by atoms with Gasteiger partial charge in [-0.2, -0.15) is 0 Å². The fourth-order valence-corrected chi connectivity index (χ4v) is 2.92. The molecule has 1 saturated heterocycles. The summed E-state index contributed by atoms with van der Waals surface area (Å²) in [4.78, 5) is 0. The van der Waals surface area contributed by atoms with Crippen molar-refractivity contribution in [1.29, 1.82) is 0 Å². The van der Waals surface area contributed by atoms with E-state index in [0.29, 0.717) is 13.0 Å². The first kappa shape index (κ1) is 16.1. The smallest absolute Gasteiger partial charge is 0.102 e. The molecule has 0 amide bonds. The third-order valence-electron chi connectivity index (χ3n) is 4.27. The molecule has 0 spiro atoms. The van der Waals surface area contributed by atoms with Gasteiger partial charge in [-0.1, -0.05) is 35.5 Å². The van der Waals surface area contributed by atoms with Crippen LogP contribution in [0.25, 0.3) is 0 Å². The van der Waals surface area contributed by atoms with E-state index < -0.39 is 6.10 Å². The molecule has 1 aliphatic heterocycles. The summed E-state index contributed by atoms with van der Waals surface area (Å²) in [5, 5.41) is 18.4. The quantitative estimate of drug-likeness (QED) is 0.807. The number of hydrogen-bond donors (Lipinski definition) is 2. The summed E-state index contributed by atoms with van der Waals surface area (Å²) in [5.41, 5.74) is 8.13. The predicted molar refractivity (Wildman–Crippen MR) is 86.7 cm³/mol. The van der Waals surface area contributed by atoms with Gasteiger partial charge in [-0.25, -0.2) is 4.68 Å². The van der Waals surface area contributed by atoms with E-state index in [2.05, 4.69) is 22.4 Å². The second-order valence-corrected chi connectivity index (χ2v) is 6.12. The molecule has 3 N–H and O–H groups in total. The molecule has 0 radical (unpaired) electrons. The van der Waals surface area contributed by atoms with Crippen LogP contribution in [0, 0.1) is 0 Å². The summed E-state index contributed by atoms with van der Waals surface area (Å²) in [5.74, 6) is 0. The zero-order valence-electron chi connectivity index (χ0n) is 13.2. The van der Waals surface area contributed by atoms with Crippen LogP contribution in [-0.2, 0) is 17.7 Å². The Morgan fingerprint density at radius 2 is 2.17 bits per heavy atom. The van der Waals surface area contributed by atoms with Gasteiger partial charge in [-0.15, -0.1) is 5.10 Å². The van der Waals surface area contributed by atoms with E-state index in [4.69, 9.17) is 10.5 Å². The summed E-state index contributed by atoms with van der Waals surface area (Å²) in [6, 6.07) is 9.92. The lowest BCUT2D eigenvalue weighted by Crippen LogP contribution is -2.25. The highest BCUT2D eigenvalue weighted by Gasteiger charge is 2.26. The molecule has 0 aliphatic carbocycles. The van der Waals surface area contributed by atoms with Crippen molar-refractivity contribution >= 4 is 0 Å². The van der Waals surface area contributed by atoms with Gasteiger partial charge in [0.05, 0.1) is 31.0 Å². The second kappa shape index (κ2) is 7.68. The second-order valence-electron chi connectivity index (χ2n) is 6.12. The third-order valence-corrected chi connectivity index (χ3v) is 4.27. The fourth-order valence-electron chi connectivity index (χ4n) is 2.92. The zero-order valence-corrected chi connectivity index (χ0v) is 13.2. The lowest BCUT2D eigenvalue weighted by Gasteiger charge is -2.15. The molecule has 6 heteroatoms. The van der Waals surface area contributed by atoms with Crippen LogP contribution in [0.2, 0.25) is 0 Å². The van der Waals surface area contributed by atoms with Crippen molar-refractivity contribution in [1.82, 2.24) is 15.0 Å². The van der Waals surface area contributed by atoms with E-state index in [1.165, 1.54) is 5.56 Å². The van der Waals surface area contributed by atoms with Gasteiger partial charge < -0.3 is 15.6 Å². The van der Waals surface area contributed by atoms with Crippen molar-refractivity contribution in [2.24, 2.45) is 5.73 Å². The Morgan fingerprint density at radius 3 is 2.91 bits per heavy atom. The number of aliphatic hydroxyl groups is 1. The molecule has 2 aromatic rings. The lowest BCUT2D eigenvalue weighted by molar-refractivity contribution is 0.0889. The maximum Gasteiger partial charge on any atom is 0.102 e. The number of ether oxygens (including phenoxy) is 1. The molecular formula is C17H24N4O2. The number of nitrogens with zero attached hydrogens (tertiary/aromatic N) is 3. The summed E-state index contributed by atoms with van der Waals surface area (Å²) < 4.78 is 7.26. The fraction of sp³-hybridized carbons (Fsp3) is 0.529. The first-order chi connectivity index (χ1) is 11.2. The van der Waals surface area contributed by atoms with Crippen LogP contribution in [0.5, 0.6) is 0 Å². The van der Waals surface area contributed by atoms with Crippen LogP contribution in [0.15, 0.2) is 36.5 Å². The van der Waals surface area contributed by atoms with E-state index >= 15 is 0 Å². The van der Waals surface area contributed by atoms with Gasteiger partial charge in [-0.3, -0.25) is 0 Å². The van der Waals surface area contributed by atoms with Gasteiger partial charge in [0.2, 0.25) is 0 Å². The van der Waals surface area contributed by atoms with E-state index in [1.54, 1.807) is 4.68 Å². The number of rotatable bonds is 7. The van der Waals surface area contributed by atoms with E-state index in [0.717, 1.165) is 31.6 Å². The molecule has 0 saturated carbocycles. The van der Waals surface area contributed by atoms with Crippen molar-refractivity contribution in [3.8, 4) is 0 Å². The van der Waals surface area contributed by atoms with Crippen molar-refractivity contribution in [2.45, 2.75) is 50.5 Å². The molecule has 1 aliphatic rings. The van der Waals surface area contributed by atoms with Crippen LogP contribution in [-0.4, -0.2) is 38.9 Å². The number of aromatic nitrogens is 3. The highest BCUT2D eigenvalue weighted by atomic mass is 16.5. The van der Waals surface area contributed by atoms with Crippen molar-refractivity contribution in [2.75, 3.05) is 6.61 Å². The van der Waals surface area contributed by atoms with Crippen molar-refractivity contribution in [3.63, 3.8) is 0 Å². The molecule has 6 nitrogen and oxygen atoms in total. The van der Waals surface area contributed by atoms with E-state index in [1.807, 2.05) is 24.4 Å². The molecule has 3 unspecified atom stereocenters. The molecular weight excluding hydrogens is 292 g/mol. The molecule has 3 atom stereocenters. The Balaban J connectivity index is 1.50. The Kier molecular flexibility index (Phi) is 5.38. The number of nitrogens with two attached hydrogens (primary N) is 1. The Labute approximate surface area is 136 Å². The first-order valence-electron chi connectivity index (χ1n) is 8.21. The first-order valence-corrected chi connectivity index (χ1v) is 8.21. The van der Waals surface area contributed by atoms with E-state index in [9.17, 15) is 5.11 Å². The molecule has 124 valence electrons. The van der Waals surface area contributed by atoms with Gasteiger partial charge in [0.1, 0.15) is 5.69 Å². The van der Waals surface area contributed by atoms with Crippen LogP contribution < -0.4 is 5.73 Å². The Bertz CT molecular complexity index is 596. The predicted octanol–water partition coefficient (Wildman–Crippen LogP) is 1.45. The Hall–Kier alpha value is -1.76. The topological polar surface area (TPSA) is 86.2 Å². The number of aliphatic hydroxyl groups excluding tert-OH is 1. The Morgan fingerprint density at radius 1 is 1.35 bits per heavy atom. The minimum absolute atomic E-state index is 0.0307. The van der Waals surface area contributed by atoms with Gasteiger partial charge in [-0.05, 0) is 31.2 Å². The minimum atomic E-state index is -0.455. The average molecular weight is 316 g/mol. The minimum Gasteiger partial charge on any atom is -0.391 e. The monoisotopic (exact) mass is 316 g/mol. The number of aryl methyl sites for hydroxylation is 1. The summed E-state index contributed by atoms with van der Waals surface area (Å²) in [6.45, 7) is 1.20. The van der Waals surface area contributed by atoms with Crippen LogP contribution in [0.1, 0.15) is 36.6 Å². The largest absolute Gasteiger partial charge is 0.391 e. The van der Waals surface area contributed by atoms with Gasteiger partial charge in [0.25, 0.3) is 0 Å². The van der Waals surface area contributed by atoms with Gasteiger partial charge in [0.15, 0.2) is 0 Å². The maximum atomic E-state index is 10.2. The molecule has 1 fully saturated rings. The molecule has 1 aromatic heterocycles. The summed E-state index contributed by atoms with van der Waals surface area (Å²) in [6.07, 6.45) is 4.94. The number of benzene rings is 1. The third kappa shape index (κ3) is 4.37. The molecule has 2 heterocycles. The molecule has 23 heavy (non-hydrogen) atoms. The van der Waals surface area contributed by atoms with Crippen LogP contribution >= 0.6 is 0 Å². The molecule has 1 aromatic carbocycles. The van der Waals surface area contributed by atoms with Gasteiger partial charge in [0, 0.05) is 6.61 Å². The molecule has 3 rings (SSSR count). The van der Waals surface area contributed by atoms with Crippen molar-refractivity contribution in [3.05, 3.63) is 47.8 Å². The number of hydrogen-bond acceptors (Lipinski definition) is 5.